The fourth-order valence-electron chi connectivity index (χ4n) is 5.27. The lowest BCUT2D eigenvalue weighted by molar-refractivity contribution is -0.142. The molecule has 5 rings (SSSR count). The molecule has 3 atom stereocenters. The highest BCUT2D eigenvalue weighted by atomic mass is 16.7. The molecule has 1 aliphatic carbocycles. The van der Waals surface area contributed by atoms with Gasteiger partial charge in [0, 0.05) is 23.5 Å². The van der Waals surface area contributed by atoms with Crippen LogP contribution >= 0.6 is 0 Å². The Morgan fingerprint density at radius 2 is 1.76 bits per heavy atom. The molecule has 3 aromatic carbocycles. The Kier molecular flexibility index (Phi) is 6.78. The molecule has 0 bridgehead atoms. The molecule has 0 saturated carbocycles. The highest BCUT2D eigenvalue weighted by Gasteiger charge is 2.48. The van der Waals surface area contributed by atoms with Crippen LogP contribution in [0.1, 0.15) is 47.4 Å². The Labute approximate surface area is 214 Å². The molecule has 0 saturated heterocycles. The summed E-state index contributed by atoms with van der Waals surface area (Å²) in [7, 11) is 1.54. The lowest BCUT2D eigenvalue weighted by Crippen LogP contribution is -2.24. The fraction of sp³-hybridized carbons (Fsp3) is 0.310. The minimum Gasteiger partial charge on any atom is -0.497 e. The topological polar surface area (TPSA) is 107 Å². The summed E-state index contributed by atoms with van der Waals surface area (Å²) in [6.07, 6.45) is 0.850. The van der Waals surface area contributed by atoms with Gasteiger partial charge in [-0.1, -0.05) is 25.1 Å². The normalized spacial score (nSPS) is 19.1. The SMILES string of the molecule is CCCOc1ccc2c(c1)C(c1ccc(OC)cc1OCC#N)C(C(=O)O)C2c1ccc2c(c1)OCO2. The number of fused-ring (bicyclic) bond motifs is 2. The van der Waals surface area contributed by atoms with Crippen molar-refractivity contribution in [2.75, 3.05) is 27.1 Å². The van der Waals surface area contributed by atoms with Crippen molar-refractivity contribution in [1.82, 2.24) is 0 Å². The van der Waals surface area contributed by atoms with Gasteiger partial charge in [0.25, 0.3) is 0 Å². The molecule has 0 radical (unpaired) electrons. The van der Waals surface area contributed by atoms with Gasteiger partial charge in [-0.05, 0) is 53.4 Å². The van der Waals surface area contributed by atoms with E-state index in [-0.39, 0.29) is 13.4 Å². The lowest BCUT2D eigenvalue weighted by atomic mass is 9.79. The molecular formula is C29H27NO7. The predicted octanol–water partition coefficient (Wildman–Crippen LogP) is 5.09. The maximum absolute atomic E-state index is 13.0. The zero-order valence-electron chi connectivity index (χ0n) is 20.6. The van der Waals surface area contributed by atoms with E-state index in [1.54, 1.807) is 19.2 Å². The molecule has 3 unspecified atom stereocenters. The fourth-order valence-corrected chi connectivity index (χ4v) is 5.27. The van der Waals surface area contributed by atoms with Crippen LogP contribution in [0, 0.1) is 17.2 Å². The zero-order valence-corrected chi connectivity index (χ0v) is 20.6. The van der Waals surface area contributed by atoms with Crippen LogP contribution in [0.4, 0.5) is 0 Å². The Balaban J connectivity index is 1.70. The Morgan fingerprint density at radius 1 is 0.973 bits per heavy atom. The Hall–Kier alpha value is -4.38. The van der Waals surface area contributed by atoms with E-state index in [4.69, 9.17) is 28.9 Å². The summed E-state index contributed by atoms with van der Waals surface area (Å²) < 4.78 is 28.1. The molecule has 1 N–H and O–H groups in total. The van der Waals surface area contributed by atoms with Gasteiger partial charge in [0.2, 0.25) is 6.79 Å². The van der Waals surface area contributed by atoms with Crippen LogP contribution in [-0.2, 0) is 4.79 Å². The number of carboxylic acid groups (broad SMARTS) is 1. The van der Waals surface area contributed by atoms with Gasteiger partial charge in [-0.3, -0.25) is 4.79 Å². The largest absolute Gasteiger partial charge is 0.497 e. The van der Waals surface area contributed by atoms with Crippen LogP contribution < -0.4 is 23.7 Å². The Morgan fingerprint density at radius 3 is 2.51 bits per heavy atom. The predicted molar refractivity (Wildman–Crippen MR) is 134 cm³/mol. The van der Waals surface area contributed by atoms with E-state index >= 15 is 0 Å². The van der Waals surface area contributed by atoms with E-state index in [2.05, 4.69) is 0 Å². The van der Waals surface area contributed by atoms with Crippen LogP contribution in [0.5, 0.6) is 28.7 Å². The van der Waals surface area contributed by atoms with Crippen LogP contribution in [-0.4, -0.2) is 38.2 Å². The summed E-state index contributed by atoms with van der Waals surface area (Å²) in [5.41, 5.74) is 3.22. The summed E-state index contributed by atoms with van der Waals surface area (Å²) in [6.45, 7) is 2.54. The van der Waals surface area contributed by atoms with E-state index in [0.717, 1.165) is 23.1 Å². The summed E-state index contributed by atoms with van der Waals surface area (Å²) in [5, 5.41) is 19.8. The van der Waals surface area contributed by atoms with Crippen molar-refractivity contribution < 1.29 is 33.6 Å². The first kappa shape index (κ1) is 24.3. The zero-order chi connectivity index (χ0) is 25.9. The molecule has 0 spiro atoms. The van der Waals surface area contributed by atoms with Gasteiger partial charge in [0.05, 0.1) is 19.6 Å². The molecule has 8 nitrogen and oxygen atoms in total. The molecule has 37 heavy (non-hydrogen) atoms. The average molecular weight is 502 g/mol. The Bertz CT molecular complexity index is 1360. The van der Waals surface area contributed by atoms with Crippen molar-refractivity contribution >= 4 is 5.97 Å². The van der Waals surface area contributed by atoms with Crippen molar-refractivity contribution in [3.05, 3.63) is 76.9 Å². The number of hydrogen-bond acceptors (Lipinski definition) is 7. The van der Waals surface area contributed by atoms with E-state index in [1.807, 2.05) is 55.5 Å². The second kappa shape index (κ2) is 10.3. The minimum atomic E-state index is -0.943. The summed E-state index contributed by atoms with van der Waals surface area (Å²) in [4.78, 5) is 13.0. The molecular weight excluding hydrogens is 474 g/mol. The quantitative estimate of drug-likeness (QED) is 0.432. The van der Waals surface area contributed by atoms with Gasteiger partial charge in [-0.15, -0.1) is 0 Å². The number of rotatable bonds is 9. The standard InChI is InChI=1S/C29H27NO7/c1-3-11-34-19-6-7-20-22(14-19)27(21-8-5-18(33-2)15-24(21)35-12-10-30)28(29(31)32)26(20)17-4-9-23-25(13-17)37-16-36-23/h4-9,13-15,26-28H,3,11-12,16H2,1-2H3,(H,31,32). The number of carboxylic acids is 1. The van der Waals surface area contributed by atoms with E-state index in [9.17, 15) is 9.90 Å². The molecule has 8 heteroatoms. The van der Waals surface area contributed by atoms with Crippen molar-refractivity contribution in [3.8, 4) is 34.8 Å². The number of benzene rings is 3. The number of nitrogens with zero attached hydrogens (tertiary/aromatic N) is 1. The first-order valence-electron chi connectivity index (χ1n) is 12.1. The molecule has 0 amide bonds. The van der Waals surface area contributed by atoms with E-state index in [0.29, 0.717) is 40.9 Å². The monoisotopic (exact) mass is 501 g/mol. The third-order valence-electron chi connectivity index (χ3n) is 6.81. The summed E-state index contributed by atoms with van der Waals surface area (Å²) in [6, 6.07) is 18.6. The van der Waals surface area contributed by atoms with Crippen molar-refractivity contribution in [2.45, 2.75) is 25.2 Å². The van der Waals surface area contributed by atoms with Gasteiger partial charge in [-0.2, -0.15) is 5.26 Å². The number of nitriles is 1. The van der Waals surface area contributed by atoms with Crippen molar-refractivity contribution in [1.29, 1.82) is 5.26 Å². The van der Waals surface area contributed by atoms with Gasteiger partial charge < -0.3 is 28.8 Å². The third kappa shape index (κ3) is 4.49. The van der Waals surface area contributed by atoms with Crippen molar-refractivity contribution in [2.24, 2.45) is 5.92 Å². The maximum atomic E-state index is 13.0. The number of ether oxygens (including phenoxy) is 5. The van der Waals surface area contributed by atoms with Crippen LogP contribution in [0.2, 0.25) is 0 Å². The van der Waals surface area contributed by atoms with Crippen LogP contribution in [0.15, 0.2) is 54.6 Å². The molecule has 2 aliphatic rings. The number of aliphatic carboxylic acids is 1. The summed E-state index contributed by atoms with van der Waals surface area (Å²) in [5.74, 6) is 0.0491. The molecule has 0 aromatic heterocycles. The number of carbonyl (C=O) groups is 1. The molecule has 1 heterocycles. The van der Waals surface area contributed by atoms with Gasteiger partial charge >= 0.3 is 5.97 Å². The minimum absolute atomic E-state index is 0.134. The maximum Gasteiger partial charge on any atom is 0.308 e. The first-order valence-corrected chi connectivity index (χ1v) is 12.1. The molecule has 1 aliphatic heterocycles. The molecule has 0 fully saturated rings. The highest BCUT2D eigenvalue weighted by Crippen LogP contribution is 2.56. The first-order chi connectivity index (χ1) is 18.0. The van der Waals surface area contributed by atoms with Gasteiger partial charge in [0.15, 0.2) is 18.1 Å². The van der Waals surface area contributed by atoms with Gasteiger partial charge in [-0.25, -0.2) is 0 Å². The lowest BCUT2D eigenvalue weighted by Gasteiger charge is -2.24. The van der Waals surface area contributed by atoms with E-state index < -0.39 is 23.7 Å². The third-order valence-corrected chi connectivity index (χ3v) is 6.81. The highest BCUT2D eigenvalue weighted by molar-refractivity contribution is 5.78. The molecule has 190 valence electrons. The number of hydrogen-bond donors (Lipinski definition) is 1. The van der Waals surface area contributed by atoms with Crippen LogP contribution in [0.3, 0.4) is 0 Å². The second-order valence-corrected chi connectivity index (χ2v) is 8.92. The second-order valence-electron chi connectivity index (χ2n) is 8.92. The summed E-state index contributed by atoms with van der Waals surface area (Å²) >= 11 is 0. The average Bonchev–Trinajstić information content (AvgIpc) is 3.52. The molecule has 3 aromatic rings. The van der Waals surface area contributed by atoms with E-state index in [1.165, 1.54) is 0 Å². The van der Waals surface area contributed by atoms with Gasteiger partial charge in [0.1, 0.15) is 23.3 Å². The van der Waals surface area contributed by atoms with Crippen molar-refractivity contribution in [3.63, 3.8) is 0 Å². The number of methoxy groups -OCH3 is 1. The smallest absolute Gasteiger partial charge is 0.308 e. The van der Waals surface area contributed by atoms with Crippen LogP contribution in [0.25, 0.3) is 0 Å².